The molecule has 9 aromatic carbocycles. The van der Waals surface area contributed by atoms with E-state index in [0.717, 1.165) is 22.0 Å². The molecule has 2 N–H and O–H groups in total. The highest BCUT2D eigenvalue weighted by Crippen LogP contribution is 2.47. The van der Waals surface area contributed by atoms with Crippen molar-refractivity contribution in [1.82, 2.24) is 4.57 Å². The van der Waals surface area contributed by atoms with E-state index in [0.29, 0.717) is 0 Å². The van der Waals surface area contributed by atoms with E-state index in [4.69, 9.17) is 5.73 Å². The van der Waals surface area contributed by atoms with Crippen LogP contribution < -0.4 is 5.73 Å². The zero-order valence-corrected chi connectivity index (χ0v) is 32.7. The minimum atomic E-state index is 0.819. The van der Waals surface area contributed by atoms with Gasteiger partial charge in [0.1, 0.15) is 0 Å². The Kier molecular flexibility index (Phi) is 8.20. The smallest absolute Gasteiger partial charge is 0.0553 e. The Morgan fingerprint density at radius 2 is 1.04 bits per heavy atom. The molecular formula is C53H36N2S2. The van der Waals surface area contributed by atoms with Crippen LogP contribution in [0.3, 0.4) is 0 Å². The maximum Gasteiger partial charge on any atom is 0.0553 e. The molecule has 0 unspecified atom stereocenters. The molecule has 0 bridgehead atoms. The summed E-state index contributed by atoms with van der Waals surface area (Å²) >= 11 is 3.65. The molecular weight excluding hydrogens is 729 g/mol. The summed E-state index contributed by atoms with van der Waals surface area (Å²) in [7, 11) is 0. The van der Waals surface area contributed by atoms with Crippen LogP contribution in [0.25, 0.3) is 91.8 Å². The van der Waals surface area contributed by atoms with Crippen molar-refractivity contribution in [3.05, 3.63) is 200 Å². The molecule has 57 heavy (non-hydrogen) atoms. The summed E-state index contributed by atoms with van der Waals surface area (Å²) in [5.41, 5.74) is 20.1. The number of thioether (sulfide) groups is 1. The van der Waals surface area contributed by atoms with Crippen LogP contribution >= 0.6 is 23.1 Å². The second kappa shape index (κ2) is 13.9. The van der Waals surface area contributed by atoms with E-state index >= 15 is 0 Å². The van der Waals surface area contributed by atoms with Gasteiger partial charge in [-0.1, -0.05) is 158 Å². The lowest BCUT2D eigenvalue weighted by Gasteiger charge is -2.14. The van der Waals surface area contributed by atoms with Crippen molar-refractivity contribution in [2.75, 3.05) is 5.73 Å². The number of hydrogen-bond acceptors (Lipinski definition) is 3. The monoisotopic (exact) mass is 764 g/mol. The molecule has 2 aromatic heterocycles. The highest BCUT2D eigenvalue weighted by molar-refractivity contribution is 7.98. The van der Waals surface area contributed by atoms with Gasteiger partial charge in [-0.2, -0.15) is 0 Å². The minimum Gasteiger partial charge on any atom is -0.397 e. The standard InChI is InChI=1S/C53H36N2S2/c54-52-49(32-45(37-15-5-2-6-16-37)53-51(52)43-20-10-12-22-48(43)57-53)56-33-34-23-25-38(26-24-34)44-31-47-50(41-18-8-7-17-40(41)44)42-19-9-11-21-46(42)55(47)39-29-27-36(28-30-39)35-13-3-1-4-14-35/h1-32H,33,54H2. The molecule has 0 spiro atoms. The first-order valence-corrected chi connectivity index (χ1v) is 21.1. The van der Waals surface area contributed by atoms with E-state index in [9.17, 15) is 0 Å². The number of rotatable bonds is 7. The van der Waals surface area contributed by atoms with Gasteiger partial charge < -0.3 is 10.3 Å². The predicted molar refractivity (Wildman–Crippen MR) is 248 cm³/mol. The Balaban J connectivity index is 0.982. The number of hydrogen-bond donors (Lipinski definition) is 1. The second-order valence-electron chi connectivity index (χ2n) is 14.6. The van der Waals surface area contributed by atoms with Gasteiger partial charge in [-0.25, -0.2) is 0 Å². The number of anilines is 1. The molecule has 2 nitrogen and oxygen atoms in total. The van der Waals surface area contributed by atoms with Crippen LogP contribution in [-0.2, 0) is 5.75 Å². The number of fused-ring (bicyclic) bond motifs is 8. The van der Waals surface area contributed by atoms with Crippen molar-refractivity contribution in [1.29, 1.82) is 0 Å². The number of aromatic nitrogens is 1. The molecule has 0 aliphatic rings. The largest absolute Gasteiger partial charge is 0.397 e. The molecule has 270 valence electrons. The van der Waals surface area contributed by atoms with Crippen LogP contribution in [0.2, 0.25) is 0 Å². The molecule has 2 heterocycles. The van der Waals surface area contributed by atoms with E-state index in [1.54, 1.807) is 0 Å². The number of para-hydroxylation sites is 1. The summed E-state index contributed by atoms with van der Waals surface area (Å²) in [4.78, 5) is 1.12. The fraction of sp³-hybridized carbons (Fsp3) is 0.0189. The third-order valence-corrected chi connectivity index (χ3v) is 13.6. The third kappa shape index (κ3) is 5.71. The number of benzene rings is 9. The Morgan fingerprint density at radius 3 is 1.79 bits per heavy atom. The summed E-state index contributed by atoms with van der Waals surface area (Å²) < 4.78 is 4.95. The van der Waals surface area contributed by atoms with Crippen LogP contribution in [0.1, 0.15) is 5.56 Å². The average molecular weight is 765 g/mol. The molecule has 0 radical (unpaired) electrons. The first-order valence-electron chi connectivity index (χ1n) is 19.3. The van der Waals surface area contributed by atoms with Crippen LogP contribution in [0.4, 0.5) is 5.69 Å². The summed E-state index contributed by atoms with van der Waals surface area (Å²) in [6, 6.07) is 70.4. The van der Waals surface area contributed by atoms with E-state index in [-0.39, 0.29) is 0 Å². The van der Waals surface area contributed by atoms with Gasteiger partial charge in [-0.15, -0.1) is 23.1 Å². The van der Waals surface area contributed by atoms with Crippen LogP contribution in [0.15, 0.2) is 199 Å². The maximum atomic E-state index is 7.04. The van der Waals surface area contributed by atoms with E-state index < -0.39 is 0 Å². The molecule has 0 saturated carbocycles. The van der Waals surface area contributed by atoms with Gasteiger partial charge >= 0.3 is 0 Å². The number of nitrogen functional groups attached to an aromatic ring is 1. The van der Waals surface area contributed by atoms with Gasteiger partial charge in [0.25, 0.3) is 0 Å². The molecule has 0 fully saturated rings. The van der Waals surface area contributed by atoms with Crippen LogP contribution in [-0.4, -0.2) is 4.57 Å². The number of nitrogens with zero attached hydrogens (tertiary/aromatic N) is 1. The molecule has 4 heteroatoms. The second-order valence-corrected chi connectivity index (χ2v) is 16.7. The number of nitrogens with two attached hydrogens (primary N) is 1. The van der Waals surface area contributed by atoms with Gasteiger partial charge in [0, 0.05) is 52.8 Å². The van der Waals surface area contributed by atoms with Crippen molar-refractivity contribution in [3.8, 4) is 39.1 Å². The topological polar surface area (TPSA) is 30.9 Å². The molecule has 0 atom stereocenters. The highest BCUT2D eigenvalue weighted by atomic mass is 32.2. The Morgan fingerprint density at radius 1 is 0.456 bits per heavy atom. The third-order valence-electron chi connectivity index (χ3n) is 11.3. The minimum absolute atomic E-state index is 0.819. The van der Waals surface area contributed by atoms with Gasteiger partial charge in [0.2, 0.25) is 0 Å². The van der Waals surface area contributed by atoms with Crippen LogP contribution in [0.5, 0.6) is 0 Å². The summed E-state index contributed by atoms with van der Waals surface area (Å²) in [6.07, 6.45) is 0. The SMILES string of the molecule is Nc1c(SCc2ccc(-c3cc4c(c5ccccc35)c3ccccc3n4-c3ccc(-c4ccccc4)cc3)cc2)cc(-c2ccccc2)c2sc3ccccc3c12. The Bertz CT molecular complexity index is 3270. The molecule has 0 aliphatic heterocycles. The van der Waals surface area contributed by atoms with E-state index in [1.807, 2.05) is 23.1 Å². The fourth-order valence-electron chi connectivity index (χ4n) is 8.57. The highest BCUT2D eigenvalue weighted by Gasteiger charge is 2.19. The Labute approximate surface area is 339 Å². The summed E-state index contributed by atoms with van der Waals surface area (Å²) in [6.45, 7) is 0. The quantitative estimate of drug-likeness (QED) is 0.129. The number of thiophene rings is 1. The first-order chi connectivity index (χ1) is 28.2. The molecule has 11 aromatic rings. The van der Waals surface area contributed by atoms with Crippen molar-refractivity contribution < 1.29 is 0 Å². The van der Waals surface area contributed by atoms with Gasteiger partial charge in [-0.3, -0.25) is 0 Å². The summed E-state index contributed by atoms with van der Waals surface area (Å²) in [5.74, 6) is 0.819. The van der Waals surface area contributed by atoms with Crippen LogP contribution in [0, 0.1) is 0 Å². The molecule has 0 aliphatic carbocycles. The van der Waals surface area contributed by atoms with Crippen molar-refractivity contribution in [3.63, 3.8) is 0 Å². The summed E-state index contributed by atoms with van der Waals surface area (Å²) in [5, 5.41) is 7.47. The van der Waals surface area contributed by atoms with E-state index in [1.165, 1.54) is 91.7 Å². The lowest BCUT2D eigenvalue weighted by atomic mass is 9.94. The normalized spacial score (nSPS) is 11.7. The van der Waals surface area contributed by atoms with Crippen molar-refractivity contribution in [2.45, 2.75) is 10.6 Å². The molecule has 11 rings (SSSR count). The predicted octanol–water partition coefficient (Wildman–Crippen LogP) is 15.2. The first kappa shape index (κ1) is 33.7. The fourth-order valence-corrected chi connectivity index (χ4v) is 10.8. The van der Waals surface area contributed by atoms with Gasteiger partial charge in [0.15, 0.2) is 0 Å². The zero-order valence-electron chi connectivity index (χ0n) is 31.0. The molecule has 0 saturated heterocycles. The molecule has 0 amide bonds. The van der Waals surface area contributed by atoms with Crippen molar-refractivity contribution >= 4 is 81.5 Å². The van der Waals surface area contributed by atoms with Gasteiger partial charge in [0.05, 0.1) is 16.7 Å². The lowest BCUT2D eigenvalue weighted by molar-refractivity contribution is 1.18. The van der Waals surface area contributed by atoms with Crippen molar-refractivity contribution in [2.24, 2.45) is 0 Å². The Hall–Kier alpha value is -6.59. The average Bonchev–Trinajstić information content (AvgIpc) is 3.84. The van der Waals surface area contributed by atoms with E-state index in [2.05, 4.69) is 199 Å². The lowest BCUT2D eigenvalue weighted by Crippen LogP contribution is -1.94. The zero-order chi connectivity index (χ0) is 37.9. The maximum absolute atomic E-state index is 7.04. The van der Waals surface area contributed by atoms with Gasteiger partial charge in [-0.05, 0) is 80.6 Å².